The van der Waals surface area contributed by atoms with Gasteiger partial charge < -0.3 is 9.84 Å². The standard InChI is InChI=1S/C13H15NO4/c1-7(15)9-6-10(13(17)18-2)14-12-8(9)4-3-5-11(12)16/h6,11,16H,3-5H2,1-2H3. The molecule has 1 aliphatic rings. The first-order valence-electron chi connectivity index (χ1n) is 5.85. The maximum absolute atomic E-state index is 11.6. The van der Waals surface area contributed by atoms with E-state index >= 15 is 0 Å². The number of pyridine rings is 1. The maximum Gasteiger partial charge on any atom is 0.356 e. The number of aromatic nitrogens is 1. The van der Waals surface area contributed by atoms with Crippen LogP contribution in [0.25, 0.3) is 0 Å². The number of methoxy groups -OCH3 is 1. The van der Waals surface area contributed by atoms with Crippen molar-refractivity contribution < 1.29 is 19.4 Å². The molecule has 96 valence electrons. The van der Waals surface area contributed by atoms with Gasteiger partial charge in [0.25, 0.3) is 0 Å². The number of hydrogen-bond acceptors (Lipinski definition) is 5. The number of hydrogen-bond donors (Lipinski definition) is 1. The van der Waals surface area contributed by atoms with Crippen LogP contribution in [-0.4, -0.2) is 29.0 Å². The smallest absolute Gasteiger partial charge is 0.356 e. The van der Waals surface area contributed by atoms with Crippen molar-refractivity contribution in [3.05, 3.63) is 28.6 Å². The minimum Gasteiger partial charge on any atom is -0.464 e. The number of carbonyl (C=O) groups excluding carboxylic acids is 2. The third-order valence-electron chi connectivity index (χ3n) is 3.15. The molecule has 1 aliphatic carbocycles. The molecule has 0 spiro atoms. The first-order valence-corrected chi connectivity index (χ1v) is 5.85. The lowest BCUT2D eigenvalue weighted by Crippen LogP contribution is -2.19. The molecule has 1 aromatic heterocycles. The second kappa shape index (κ2) is 4.86. The number of ketones is 1. The lowest BCUT2D eigenvalue weighted by Gasteiger charge is -2.22. The largest absolute Gasteiger partial charge is 0.464 e. The number of fused-ring (bicyclic) bond motifs is 1. The Morgan fingerprint density at radius 2 is 2.22 bits per heavy atom. The molecular weight excluding hydrogens is 234 g/mol. The van der Waals surface area contributed by atoms with Gasteiger partial charge >= 0.3 is 5.97 Å². The van der Waals surface area contributed by atoms with Gasteiger partial charge in [-0.05, 0) is 37.8 Å². The van der Waals surface area contributed by atoms with E-state index < -0.39 is 12.1 Å². The highest BCUT2D eigenvalue weighted by Gasteiger charge is 2.26. The van der Waals surface area contributed by atoms with E-state index in [-0.39, 0.29) is 11.5 Å². The fourth-order valence-electron chi connectivity index (χ4n) is 2.26. The predicted molar refractivity (Wildman–Crippen MR) is 63.5 cm³/mol. The van der Waals surface area contributed by atoms with Crippen molar-refractivity contribution in [3.63, 3.8) is 0 Å². The van der Waals surface area contributed by atoms with Crippen LogP contribution in [0.2, 0.25) is 0 Å². The van der Waals surface area contributed by atoms with E-state index in [2.05, 4.69) is 9.72 Å². The van der Waals surface area contributed by atoms with Gasteiger partial charge in [0.2, 0.25) is 0 Å². The van der Waals surface area contributed by atoms with Gasteiger partial charge in [0.1, 0.15) is 5.69 Å². The first kappa shape index (κ1) is 12.7. The molecule has 0 aromatic carbocycles. The topological polar surface area (TPSA) is 76.5 Å². The van der Waals surface area contributed by atoms with Crippen LogP contribution in [0.5, 0.6) is 0 Å². The molecular formula is C13H15NO4. The molecule has 18 heavy (non-hydrogen) atoms. The molecule has 5 nitrogen and oxygen atoms in total. The summed E-state index contributed by atoms with van der Waals surface area (Å²) in [5.74, 6) is -0.731. The second-order valence-electron chi connectivity index (χ2n) is 4.37. The predicted octanol–water partition coefficient (Wildman–Crippen LogP) is 1.44. The third-order valence-corrected chi connectivity index (χ3v) is 3.15. The lowest BCUT2D eigenvalue weighted by atomic mass is 9.88. The van der Waals surface area contributed by atoms with Crippen LogP contribution in [0.3, 0.4) is 0 Å². The minimum absolute atomic E-state index is 0.0717. The Bertz CT molecular complexity index is 510. The van der Waals surface area contributed by atoms with Crippen molar-refractivity contribution in [1.82, 2.24) is 4.98 Å². The third kappa shape index (κ3) is 2.13. The summed E-state index contributed by atoms with van der Waals surface area (Å²) < 4.78 is 4.60. The van der Waals surface area contributed by atoms with E-state index in [0.717, 1.165) is 12.0 Å². The van der Waals surface area contributed by atoms with Crippen LogP contribution in [-0.2, 0) is 11.2 Å². The quantitative estimate of drug-likeness (QED) is 0.634. The molecule has 1 unspecified atom stereocenters. The Hall–Kier alpha value is -1.75. The van der Waals surface area contributed by atoms with Gasteiger partial charge in [0.05, 0.1) is 18.9 Å². The normalized spacial score (nSPS) is 18.1. The Kier molecular flexibility index (Phi) is 3.43. The number of aliphatic hydroxyl groups excluding tert-OH is 1. The number of rotatable bonds is 2. The Morgan fingerprint density at radius 3 is 2.83 bits per heavy atom. The lowest BCUT2D eigenvalue weighted by molar-refractivity contribution is 0.0592. The molecule has 0 aliphatic heterocycles. The summed E-state index contributed by atoms with van der Waals surface area (Å²) in [6, 6.07) is 1.45. The first-order chi connectivity index (χ1) is 8.54. The summed E-state index contributed by atoms with van der Waals surface area (Å²) in [5.41, 5.74) is 1.73. The zero-order valence-corrected chi connectivity index (χ0v) is 10.4. The molecule has 0 bridgehead atoms. The molecule has 1 heterocycles. The maximum atomic E-state index is 11.6. The zero-order valence-electron chi connectivity index (χ0n) is 10.4. The van der Waals surface area contributed by atoms with Crippen LogP contribution < -0.4 is 0 Å². The van der Waals surface area contributed by atoms with Crippen LogP contribution in [0.1, 0.15) is 58.0 Å². The highest BCUT2D eigenvalue weighted by atomic mass is 16.5. The summed E-state index contributed by atoms with van der Waals surface area (Å²) in [7, 11) is 1.26. The van der Waals surface area contributed by atoms with Crippen molar-refractivity contribution in [1.29, 1.82) is 0 Å². The van der Waals surface area contributed by atoms with Crippen molar-refractivity contribution in [3.8, 4) is 0 Å². The number of aliphatic hydroxyl groups is 1. The highest BCUT2D eigenvalue weighted by Crippen LogP contribution is 2.31. The molecule has 5 heteroatoms. The summed E-state index contributed by atoms with van der Waals surface area (Å²) in [5, 5.41) is 9.92. The minimum atomic E-state index is -0.712. The highest BCUT2D eigenvalue weighted by molar-refractivity contribution is 5.98. The fraction of sp³-hybridized carbons (Fsp3) is 0.462. The number of esters is 1. The average molecular weight is 249 g/mol. The number of ether oxygens (including phenoxy) is 1. The summed E-state index contributed by atoms with van der Waals surface area (Å²) in [4.78, 5) is 27.3. The second-order valence-corrected chi connectivity index (χ2v) is 4.37. The van der Waals surface area contributed by atoms with Gasteiger partial charge in [-0.15, -0.1) is 0 Å². The number of nitrogens with zero attached hydrogens (tertiary/aromatic N) is 1. The molecule has 0 amide bonds. The Morgan fingerprint density at radius 1 is 1.50 bits per heavy atom. The average Bonchev–Trinajstić information content (AvgIpc) is 2.37. The van der Waals surface area contributed by atoms with E-state index in [0.29, 0.717) is 24.1 Å². The van der Waals surface area contributed by atoms with Crippen LogP contribution in [0, 0.1) is 0 Å². The van der Waals surface area contributed by atoms with Gasteiger partial charge in [-0.1, -0.05) is 0 Å². The summed E-state index contributed by atoms with van der Waals surface area (Å²) in [6.07, 6.45) is 1.40. The molecule has 0 radical (unpaired) electrons. The van der Waals surface area contributed by atoms with Crippen molar-refractivity contribution >= 4 is 11.8 Å². The zero-order chi connectivity index (χ0) is 13.3. The Labute approximate surface area is 105 Å². The van der Waals surface area contributed by atoms with Crippen LogP contribution in [0.15, 0.2) is 6.07 Å². The molecule has 1 atom stereocenters. The summed E-state index contributed by atoms with van der Waals surface area (Å²) in [6.45, 7) is 1.44. The van der Waals surface area contributed by atoms with Crippen LogP contribution >= 0.6 is 0 Å². The number of carbonyl (C=O) groups is 2. The van der Waals surface area contributed by atoms with E-state index in [1.807, 2.05) is 0 Å². The molecule has 0 saturated carbocycles. The molecule has 2 rings (SSSR count). The van der Waals surface area contributed by atoms with Crippen molar-refractivity contribution in [2.75, 3.05) is 7.11 Å². The molecule has 0 saturated heterocycles. The van der Waals surface area contributed by atoms with Crippen molar-refractivity contribution in [2.45, 2.75) is 32.3 Å². The Balaban J connectivity index is 2.61. The van der Waals surface area contributed by atoms with Crippen molar-refractivity contribution in [2.24, 2.45) is 0 Å². The van der Waals surface area contributed by atoms with E-state index in [9.17, 15) is 14.7 Å². The van der Waals surface area contributed by atoms with Gasteiger partial charge in [-0.25, -0.2) is 9.78 Å². The number of Topliss-reactive ketones (excluding diaryl/α,β-unsaturated/α-hetero) is 1. The monoisotopic (exact) mass is 249 g/mol. The molecule has 1 aromatic rings. The SMILES string of the molecule is COC(=O)c1cc(C(C)=O)c2c(n1)C(O)CCC2. The van der Waals surface area contributed by atoms with Gasteiger partial charge in [-0.3, -0.25) is 4.79 Å². The van der Waals surface area contributed by atoms with Gasteiger partial charge in [0, 0.05) is 5.56 Å². The molecule has 1 N–H and O–H groups in total. The van der Waals surface area contributed by atoms with E-state index in [4.69, 9.17) is 0 Å². The van der Waals surface area contributed by atoms with Gasteiger partial charge in [0.15, 0.2) is 5.78 Å². The molecule has 0 fully saturated rings. The van der Waals surface area contributed by atoms with Crippen LogP contribution in [0.4, 0.5) is 0 Å². The fourth-order valence-corrected chi connectivity index (χ4v) is 2.26. The summed E-state index contributed by atoms with van der Waals surface area (Å²) >= 11 is 0. The van der Waals surface area contributed by atoms with E-state index in [1.165, 1.54) is 20.1 Å². The van der Waals surface area contributed by atoms with Gasteiger partial charge in [-0.2, -0.15) is 0 Å². The van der Waals surface area contributed by atoms with E-state index in [1.54, 1.807) is 0 Å².